The number of ether oxygens (including phenoxy) is 1. The van der Waals surface area contributed by atoms with Gasteiger partial charge in [0, 0.05) is 0 Å². The second-order valence-electron chi connectivity index (χ2n) is 18.1. The number of nitrogens with one attached hydrogen (secondary N) is 1. The van der Waals surface area contributed by atoms with Gasteiger partial charge in [-0.15, -0.1) is 0 Å². The van der Waals surface area contributed by atoms with Gasteiger partial charge >= 0.3 is 5.69 Å². The second-order valence-corrected chi connectivity index (χ2v) is 32.5. The van der Waals surface area contributed by atoms with Crippen molar-refractivity contribution in [3.63, 3.8) is 0 Å². The van der Waals surface area contributed by atoms with Crippen LogP contribution in [0.1, 0.15) is 89.3 Å². The van der Waals surface area contributed by atoms with Crippen molar-refractivity contribution in [2.45, 2.75) is 168 Å². The van der Waals surface area contributed by atoms with Crippen molar-refractivity contribution in [2.75, 3.05) is 12.3 Å². The van der Waals surface area contributed by atoms with Gasteiger partial charge in [0.15, 0.2) is 42.7 Å². The van der Waals surface area contributed by atoms with Crippen LogP contribution in [0, 0.1) is 5.21 Å². The molecule has 1 aromatic heterocycles. The zero-order valence-corrected chi connectivity index (χ0v) is 34.0. The van der Waals surface area contributed by atoms with Crippen molar-refractivity contribution in [1.29, 1.82) is 0 Å². The van der Waals surface area contributed by atoms with E-state index in [-0.39, 0.29) is 31.7 Å². The summed E-state index contributed by atoms with van der Waals surface area (Å²) >= 11 is 0. The van der Waals surface area contributed by atoms with E-state index in [9.17, 15) is 10.0 Å². The first-order valence-corrected chi connectivity index (χ1v) is 24.6. The SMILES string of the molecule is CC(C)(C)[NH+]([O-])c1cn([C@@H]2O[C@H](CO[Si](C)(C)C(C)(C)C)[C@@H](O[Si](C)(C)C(C)(C)C)[C@H]2O[Si](C)(C)C(C)(C)C)c(=O)nc1N. The van der Waals surface area contributed by atoms with Gasteiger partial charge in [0.05, 0.1) is 18.3 Å². The molecule has 1 aromatic rings. The monoisotopic (exact) mass is 672 g/mol. The number of rotatable bonds is 9. The first-order chi connectivity index (χ1) is 19.3. The molecular formula is C31H64N4O6Si3. The van der Waals surface area contributed by atoms with Gasteiger partial charge in [0.2, 0.25) is 0 Å². The summed E-state index contributed by atoms with van der Waals surface area (Å²) in [5.74, 6) is -0.0853. The zero-order valence-electron chi connectivity index (χ0n) is 31.0. The molecule has 0 saturated carbocycles. The van der Waals surface area contributed by atoms with E-state index in [1.807, 2.05) is 20.8 Å². The van der Waals surface area contributed by atoms with Crippen molar-refractivity contribution in [3.8, 4) is 0 Å². The van der Waals surface area contributed by atoms with Crippen molar-refractivity contribution in [1.82, 2.24) is 9.55 Å². The van der Waals surface area contributed by atoms with Gasteiger partial charge in [-0.05, 0) is 75.2 Å². The van der Waals surface area contributed by atoms with Gasteiger partial charge < -0.3 is 34.0 Å². The third-order valence-corrected chi connectivity index (χ3v) is 23.8. The maximum atomic E-state index is 13.5. The van der Waals surface area contributed by atoms with Gasteiger partial charge in [-0.1, -0.05) is 62.3 Å². The van der Waals surface area contributed by atoms with E-state index < -0.39 is 60.7 Å². The molecule has 0 amide bonds. The highest BCUT2D eigenvalue weighted by Crippen LogP contribution is 2.46. The third-order valence-electron chi connectivity index (χ3n) is 10.4. The average molecular weight is 673 g/mol. The summed E-state index contributed by atoms with van der Waals surface area (Å²) in [6, 6.07) is 0. The van der Waals surface area contributed by atoms with Gasteiger partial charge in [-0.2, -0.15) is 4.98 Å². The molecule has 10 nitrogen and oxygen atoms in total. The standard InChI is InChI=1S/C31H64N4O6Si3/c1-28(2,3)35(37)21-19-34(27(36)33-25(21)32)26-24(41-44(17,18)31(10,11)12)23(40-43(15,16)30(7,8)9)22(39-26)20-38-42(13,14)29(4,5)6/h19,22-24,26,35H,20H2,1-18H3,(H2,32,33,36)/t22-,23-,24-,26-/m1/s1. The predicted molar refractivity (Wildman–Crippen MR) is 188 cm³/mol. The summed E-state index contributed by atoms with van der Waals surface area (Å²) in [6.07, 6.45) is -1.04. The van der Waals surface area contributed by atoms with Gasteiger partial charge in [-0.3, -0.25) is 4.57 Å². The summed E-state index contributed by atoms with van der Waals surface area (Å²) in [5.41, 5.74) is 5.03. The van der Waals surface area contributed by atoms with E-state index in [0.717, 1.165) is 0 Å². The maximum Gasteiger partial charge on any atom is 0.352 e. The smallest absolute Gasteiger partial charge is 0.352 e. The Labute approximate surface area is 270 Å². The highest BCUT2D eigenvalue weighted by Gasteiger charge is 2.55. The maximum absolute atomic E-state index is 13.5. The molecule has 3 N–H and O–H groups in total. The molecule has 44 heavy (non-hydrogen) atoms. The Morgan fingerprint density at radius 3 is 1.68 bits per heavy atom. The van der Waals surface area contributed by atoms with Crippen LogP contribution in [-0.4, -0.2) is 65.0 Å². The summed E-state index contributed by atoms with van der Waals surface area (Å²) in [7, 11) is -6.94. The minimum absolute atomic E-state index is 0.00212. The van der Waals surface area contributed by atoms with Gasteiger partial charge in [-0.25, -0.2) is 4.79 Å². The minimum atomic E-state index is -2.42. The number of aromatic nitrogens is 2. The Morgan fingerprint density at radius 2 is 1.27 bits per heavy atom. The second kappa shape index (κ2) is 12.6. The first-order valence-electron chi connectivity index (χ1n) is 15.9. The number of hydroxylamine groups is 1. The Morgan fingerprint density at radius 1 is 0.841 bits per heavy atom. The molecule has 1 aliphatic heterocycles. The molecule has 256 valence electrons. The summed E-state index contributed by atoms with van der Waals surface area (Å²) in [5, 5.41) is 13.0. The van der Waals surface area contributed by atoms with Crippen LogP contribution in [0.15, 0.2) is 11.0 Å². The summed E-state index contributed by atoms with van der Waals surface area (Å²) in [6.45, 7) is 38.8. The molecule has 5 atom stereocenters. The normalized spacial score (nSPS) is 23.7. The lowest BCUT2D eigenvalue weighted by atomic mass is 10.1. The largest absolute Gasteiger partial charge is 0.628 e. The minimum Gasteiger partial charge on any atom is -0.628 e. The Balaban J connectivity index is 2.81. The highest BCUT2D eigenvalue weighted by molar-refractivity contribution is 6.75. The van der Waals surface area contributed by atoms with E-state index in [0.29, 0.717) is 6.61 Å². The molecule has 1 fully saturated rings. The van der Waals surface area contributed by atoms with Crippen molar-refractivity contribution < 1.29 is 23.1 Å². The van der Waals surface area contributed by atoms with Crippen LogP contribution in [0.25, 0.3) is 0 Å². The van der Waals surface area contributed by atoms with Crippen LogP contribution in [0.4, 0.5) is 11.5 Å². The lowest BCUT2D eigenvalue weighted by Crippen LogP contribution is -3.10. The molecule has 2 rings (SSSR count). The average Bonchev–Trinajstić information content (AvgIpc) is 3.10. The fourth-order valence-corrected chi connectivity index (χ4v) is 7.74. The number of nitrogens with zero attached hydrogens (tertiary/aromatic N) is 2. The van der Waals surface area contributed by atoms with E-state index in [4.69, 9.17) is 23.7 Å². The third kappa shape index (κ3) is 8.51. The lowest BCUT2D eigenvalue weighted by molar-refractivity contribution is -0.831. The van der Waals surface area contributed by atoms with Crippen LogP contribution in [0.5, 0.6) is 0 Å². The molecular weight excluding hydrogens is 609 g/mol. The van der Waals surface area contributed by atoms with Crippen LogP contribution >= 0.6 is 0 Å². The van der Waals surface area contributed by atoms with Crippen LogP contribution in [-0.2, 0) is 18.0 Å². The van der Waals surface area contributed by atoms with Crippen LogP contribution in [0.3, 0.4) is 0 Å². The van der Waals surface area contributed by atoms with Gasteiger partial charge in [0.25, 0.3) is 0 Å². The Kier molecular flexibility index (Phi) is 11.2. The first kappa shape index (κ1) is 39.3. The predicted octanol–water partition coefficient (Wildman–Crippen LogP) is 6.34. The number of anilines is 1. The lowest BCUT2D eigenvalue weighted by Gasteiger charge is -2.44. The molecule has 2 heterocycles. The summed E-state index contributed by atoms with van der Waals surface area (Å²) < 4.78 is 29.2. The van der Waals surface area contributed by atoms with E-state index in [1.54, 1.807) is 0 Å². The molecule has 0 aromatic carbocycles. The van der Waals surface area contributed by atoms with Crippen LogP contribution in [0.2, 0.25) is 54.4 Å². The van der Waals surface area contributed by atoms with Crippen molar-refractivity contribution in [2.24, 2.45) is 0 Å². The fraction of sp³-hybridized carbons (Fsp3) is 0.871. The number of hydrogen-bond acceptors (Lipinski definition) is 8. The van der Waals surface area contributed by atoms with Crippen molar-refractivity contribution >= 4 is 36.5 Å². The quantitative estimate of drug-likeness (QED) is 0.230. The molecule has 1 saturated heterocycles. The molecule has 0 spiro atoms. The van der Waals surface area contributed by atoms with Gasteiger partial charge in [0.1, 0.15) is 18.3 Å². The number of nitrogen functional groups attached to an aromatic ring is 1. The summed E-state index contributed by atoms with van der Waals surface area (Å²) in [4.78, 5) is 17.6. The molecule has 0 radical (unpaired) electrons. The van der Waals surface area contributed by atoms with E-state index >= 15 is 0 Å². The van der Waals surface area contributed by atoms with E-state index in [2.05, 4.69) is 107 Å². The topological polar surface area (TPSA) is 125 Å². The van der Waals surface area contributed by atoms with E-state index in [1.165, 1.54) is 10.8 Å². The Bertz CT molecular complexity index is 1210. The molecule has 1 aliphatic rings. The van der Waals surface area contributed by atoms with Crippen molar-refractivity contribution in [3.05, 3.63) is 21.9 Å². The molecule has 0 aliphatic carbocycles. The molecule has 1 unspecified atom stereocenters. The number of quaternary nitrogens is 1. The Hall–Kier alpha value is -0.909. The molecule has 0 bridgehead atoms. The zero-order chi connectivity index (χ0) is 34.6. The van der Waals surface area contributed by atoms with Crippen LogP contribution < -0.4 is 16.5 Å². The fourth-order valence-electron chi connectivity index (χ4n) is 4.12. The number of nitrogens with two attached hydrogens (primary N) is 1. The highest BCUT2D eigenvalue weighted by atomic mass is 28.4. The number of hydrogen-bond donors (Lipinski definition) is 2. The molecule has 13 heteroatoms.